The molecule has 0 fully saturated rings. The van der Waals surface area contributed by atoms with Crippen LogP contribution in [0.2, 0.25) is 0 Å². The zero-order valence-electron chi connectivity index (χ0n) is 15.3. The number of carbonyl (C=O) groups is 1. The minimum absolute atomic E-state index is 0.0190. The molecule has 0 bridgehead atoms. The van der Waals surface area contributed by atoms with Gasteiger partial charge in [0, 0.05) is 25.0 Å². The van der Waals surface area contributed by atoms with Gasteiger partial charge in [0.15, 0.2) is 0 Å². The van der Waals surface area contributed by atoms with Crippen molar-refractivity contribution in [2.24, 2.45) is 0 Å². The first-order valence-corrected chi connectivity index (χ1v) is 8.31. The number of urea groups is 1. The van der Waals surface area contributed by atoms with Crippen LogP contribution in [0.5, 0.6) is 5.75 Å². The number of hydrogen-bond acceptors (Lipinski definition) is 4. The van der Waals surface area contributed by atoms with Crippen molar-refractivity contribution in [2.75, 3.05) is 27.7 Å². The van der Waals surface area contributed by atoms with Crippen molar-refractivity contribution in [3.8, 4) is 5.75 Å². The highest BCUT2D eigenvalue weighted by molar-refractivity contribution is 5.74. The van der Waals surface area contributed by atoms with E-state index in [4.69, 9.17) is 4.74 Å². The summed E-state index contributed by atoms with van der Waals surface area (Å²) in [7, 11) is 5.63. The van der Waals surface area contributed by atoms with Crippen LogP contribution in [0, 0.1) is 0 Å². The third-order valence-corrected chi connectivity index (χ3v) is 3.96. The number of hydrogen-bond donors (Lipinski definition) is 2. The quantitative estimate of drug-likeness (QED) is 0.766. The molecule has 7 nitrogen and oxygen atoms in total. The number of methoxy groups -OCH3 is 1. The second kappa shape index (κ2) is 9.08. The normalized spacial score (nSPS) is 13.3. The molecule has 7 heteroatoms. The summed E-state index contributed by atoms with van der Waals surface area (Å²) in [6.07, 6.45) is 3.60. The van der Waals surface area contributed by atoms with Crippen molar-refractivity contribution in [2.45, 2.75) is 25.6 Å². The second-order valence-corrected chi connectivity index (χ2v) is 6.24. The minimum Gasteiger partial charge on any atom is -0.497 e. The molecule has 0 aliphatic heterocycles. The maximum atomic E-state index is 12.2. The van der Waals surface area contributed by atoms with E-state index in [1.807, 2.05) is 57.5 Å². The van der Waals surface area contributed by atoms with Gasteiger partial charge in [-0.25, -0.2) is 4.79 Å². The Balaban J connectivity index is 1.88. The van der Waals surface area contributed by atoms with Crippen molar-refractivity contribution < 1.29 is 9.53 Å². The van der Waals surface area contributed by atoms with Crippen LogP contribution in [0.3, 0.4) is 0 Å². The van der Waals surface area contributed by atoms with E-state index in [0.717, 1.165) is 11.3 Å². The van der Waals surface area contributed by atoms with Crippen molar-refractivity contribution in [1.29, 1.82) is 0 Å². The van der Waals surface area contributed by atoms with Gasteiger partial charge in [0.25, 0.3) is 0 Å². The Hall–Kier alpha value is -2.54. The highest BCUT2D eigenvalue weighted by atomic mass is 16.5. The molecule has 2 rings (SSSR count). The van der Waals surface area contributed by atoms with E-state index in [9.17, 15) is 4.79 Å². The third-order valence-electron chi connectivity index (χ3n) is 3.96. The molecule has 2 atom stereocenters. The monoisotopic (exact) mass is 345 g/mol. The maximum absolute atomic E-state index is 12.2. The smallest absolute Gasteiger partial charge is 0.315 e. The van der Waals surface area contributed by atoms with Gasteiger partial charge in [0.05, 0.1) is 19.7 Å². The molecule has 2 unspecified atom stereocenters. The standard InChI is InChI=1S/C18H27N5O2/c1-14(13-23-10-6-9-20-23)21-18(24)19-12-17(22(2)3)15-7-5-8-16(11-15)25-4/h5-11,14,17H,12-13H2,1-4H3,(H2,19,21,24). The molecule has 2 amide bonds. The zero-order valence-corrected chi connectivity index (χ0v) is 15.3. The Morgan fingerprint density at radius 1 is 1.36 bits per heavy atom. The van der Waals surface area contributed by atoms with Crippen LogP contribution in [0.25, 0.3) is 0 Å². The predicted octanol–water partition coefficient (Wildman–Crippen LogP) is 1.88. The van der Waals surface area contributed by atoms with Crippen molar-refractivity contribution in [3.05, 3.63) is 48.3 Å². The molecule has 2 aromatic rings. The number of nitrogens with zero attached hydrogens (tertiary/aromatic N) is 3. The first-order chi connectivity index (χ1) is 12.0. The average Bonchev–Trinajstić information content (AvgIpc) is 3.07. The number of carbonyl (C=O) groups excluding carboxylic acids is 1. The number of likely N-dealkylation sites (N-methyl/N-ethyl adjacent to an activating group) is 1. The molecule has 0 radical (unpaired) electrons. The third kappa shape index (κ3) is 5.79. The summed E-state index contributed by atoms with van der Waals surface area (Å²) in [5.41, 5.74) is 1.09. The lowest BCUT2D eigenvalue weighted by Crippen LogP contribution is -2.45. The van der Waals surface area contributed by atoms with Crippen LogP contribution in [0.15, 0.2) is 42.7 Å². The molecule has 0 saturated carbocycles. The minimum atomic E-state index is -0.186. The fourth-order valence-corrected chi connectivity index (χ4v) is 2.65. The van der Waals surface area contributed by atoms with Crippen LogP contribution in [-0.2, 0) is 6.54 Å². The van der Waals surface area contributed by atoms with Gasteiger partial charge in [-0.2, -0.15) is 5.10 Å². The number of aromatic nitrogens is 2. The largest absolute Gasteiger partial charge is 0.497 e. The summed E-state index contributed by atoms with van der Waals surface area (Å²) >= 11 is 0. The number of amides is 2. The van der Waals surface area contributed by atoms with E-state index in [-0.39, 0.29) is 18.1 Å². The first-order valence-electron chi connectivity index (χ1n) is 8.31. The Kier molecular flexibility index (Phi) is 6.82. The summed E-state index contributed by atoms with van der Waals surface area (Å²) in [6.45, 7) is 3.08. The molecule has 1 aromatic heterocycles. The van der Waals surface area contributed by atoms with Gasteiger partial charge in [0.2, 0.25) is 0 Å². The van der Waals surface area contributed by atoms with Crippen LogP contribution < -0.4 is 15.4 Å². The van der Waals surface area contributed by atoms with Crippen LogP contribution in [0.1, 0.15) is 18.5 Å². The Bertz CT molecular complexity index is 657. The molecular weight excluding hydrogens is 318 g/mol. The number of ether oxygens (including phenoxy) is 1. The lowest BCUT2D eigenvalue weighted by Gasteiger charge is -2.26. The molecule has 0 saturated heterocycles. The summed E-state index contributed by atoms with van der Waals surface area (Å²) in [5, 5.41) is 10.0. The van der Waals surface area contributed by atoms with Crippen LogP contribution in [-0.4, -0.2) is 54.5 Å². The van der Waals surface area contributed by atoms with Crippen molar-refractivity contribution in [3.63, 3.8) is 0 Å². The van der Waals surface area contributed by atoms with E-state index in [1.165, 1.54) is 0 Å². The topological polar surface area (TPSA) is 71.4 Å². The van der Waals surface area contributed by atoms with E-state index >= 15 is 0 Å². The van der Waals surface area contributed by atoms with Crippen LogP contribution in [0.4, 0.5) is 4.79 Å². The van der Waals surface area contributed by atoms with E-state index in [0.29, 0.717) is 13.1 Å². The lowest BCUT2D eigenvalue weighted by molar-refractivity contribution is 0.228. The molecule has 1 heterocycles. The summed E-state index contributed by atoms with van der Waals surface area (Å²) in [4.78, 5) is 14.2. The molecule has 2 N–H and O–H groups in total. The SMILES string of the molecule is COc1cccc(C(CNC(=O)NC(C)Cn2cccn2)N(C)C)c1. The number of rotatable bonds is 8. The second-order valence-electron chi connectivity index (χ2n) is 6.24. The van der Waals surface area contributed by atoms with Crippen molar-refractivity contribution in [1.82, 2.24) is 25.3 Å². The van der Waals surface area contributed by atoms with Gasteiger partial charge in [-0.1, -0.05) is 12.1 Å². The van der Waals surface area contributed by atoms with Crippen LogP contribution >= 0.6 is 0 Å². The van der Waals surface area contributed by atoms with Gasteiger partial charge in [0.1, 0.15) is 5.75 Å². The molecule has 25 heavy (non-hydrogen) atoms. The molecule has 0 aliphatic rings. The maximum Gasteiger partial charge on any atom is 0.315 e. The van der Waals surface area contributed by atoms with E-state index in [1.54, 1.807) is 18.0 Å². The van der Waals surface area contributed by atoms with Gasteiger partial charge in [-0.05, 0) is 44.8 Å². The van der Waals surface area contributed by atoms with E-state index in [2.05, 4.69) is 20.6 Å². The average molecular weight is 345 g/mol. The summed E-state index contributed by atoms with van der Waals surface area (Å²) in [6, 6.07) is 9.61. The fraction of sp³-hybridized carbons (Fsp3) is 0.444. The summed E-state index contributed by atoms with van der Waals surface area (Å²) < 4.78 is 7.08. The Morgan fingerprint density at radius 3 is 2.80 bits per heavy atom. The van der Waals surface area contributed by atoms with Gasteiger partial charge in [-0.15, -0.1) is 0 Å². The molecule has 0 aliphatic carbocycles. The Morgan fingerprint density at radius 2 is 2.16 bits per heavy atom. The summed E-state index contributed by atoms with van der Waals surface area (Å²) in [5.74, 6) is 0.807. The van der Waals surface area contributed by atoms with E-state index < -0.39 is 0 Å². The van der Waals surface area contributed by atoms with Gasteiger partial charge >= 0.3 is 6.03 Å². The number of nitrogens with one attached hydrogen (secondary N) is 2. The zero-order chi connectivity index (χ0) is 18.2. The van der Waals surface area contributed by atoms with Gasteiger partial charge < -0.3 is 20.3 Å². The lowest BCUT2D eigenvalue weighted by atomic mass is 10.1. The fourth-order valence-electron chi connectivity index (χ4n) is 2.65. The molecule has 0 spiro atoms. The first kappa shape index (κ1) is 18.8. The van der Waals surface area contributed by atoms with Crippen molar-refractivity contribution >= 4 is 6.03 Å². The van der Waals surface area contributed by atoms with Gasteiger partial charge in [-0.3, -0.25) is 4.68 Å². The predicted molar refractivity (Wildman–Crippen MR) is 97.6 cm³/mol. The molecule has 1 aromatic carbocycles. The Labute approximate surface area is 149 Å². The molecular formula is C18H27N5O2. The highest BCUT2D eigenvalue weighted by Gasteiger charge is 2.16. The highest BCUT2D eigenvalue weighted by Crippen LogP contribution is 2.21. The molecule has 136 valence electrons. The number of benzene rings is 1.